The Hall–Kier alpha value is -3.19. The molecule has 0 fully saturated rings. The zero-order valence-electron chi connectivity index (χ0n) is 17.3. The Morgan fingerprint density at radius 2 is 1.93 bits per heavy atom. The van der Waals surface area contributed by atoms with Gasteiger partial charge in [-0.15, -0.1) is 0 Å². The minimum atomic E-state index is -0.525. The molecular weight excluding hydrogens is 380 g/mol. The number of fused-ring (bicyclic) bond motifs is 1. The summed E-state index contributed by atoms with van der Waals surface area (Å²) in [6, 6.07) is 15.9. The molecule has 4 rings (SSSR count). The maximum Gasteiger partial charge on any atom is 0.346 e. The second-order valence-electron chi connectivity index (χ2n) is 7.69. The highest BCUT2D eigenvalue weighted by Crippen LogP contribution is 2.22. The van der Waals surface area contributed by atoms with Crippen molar-refractivity contribution in [3.05, 3.63) is 87.1 Å². The Morgan fingerprint density at radius 3 is 2.70 bits per heavy atom. The van der Waals surface area contributed by atoms with Crippen molar-refractivity contribution in [2.75, 3.05) is 6.61 Å². The van der Waals surface area contributed by atoms with Crippen LogP contribution in [-0.4, -0.2) is 26.9 Å². The van der Waals surface area contributed by atoms with Gasteiger partial charge in [0.2, 0.25) is 5.91 Å². The third kappa shape index (κ3) is 4.36. The fourth-order valence-electron chi connectivity index (χ4n) is 3.63. The van der Waals surface area contributed by atoms with Crippen molar-refractivity contribution in [3.8, 4) is 0 Å². The SMILES string of the molecule is Cc1ccc(CNC(=O)CC2OCCn3c2nn(Cc2ccccc2)c3=O)cc1C. The average Bonchev–Trinajstić information content (AvgIpc) is 3.06. The van der Waals surface area contributed by atoms with Gasteiger partial charge in [0, 0.05) is 6.54 Å². The number of rotatable bonds is 6. The van der Waals surface area contributed by atoms with Crippen LogP contribution < -0.4 is 11.0 Å². The van der Waals surface area contributed by atoms with Gasteiger partial charge in [0.1, 0.15) is 6.10 Å². The molecule has 0 bridgehead atoms. The molecule has 1 amide bonds. The van der Waals surface area contributed by atoms with E-state index in [4.69, 9.17) is 4.74 Å². The quantitative estimate of drug-likeness (QED) is 0.682. The summed E-state index contributed by atoms with van der Waals surface area (Å²) in [4.78, 5) is 25.2. The van der Waals surface area contributed by atoms with E-state index in [9.17, 15) is 9.59 Å². The highest BCUT2D eigenvalue weighted by atomic mass is 16.5. The fraction of sp³-hybridized carbons (Fsp3) is 0.348. The van der Waals surface area contributed by atoms with E-state index in [1.807, 2.05) is 36.4 Å². The molecule has 1 N–H and O–H groups in total. The van der Waals surface area contributed by atoms with Crippen molar-refractivity contribution < 1.29 is 9.53 Å². The predicted molar refractivity (Wildman–Crippen MR) is 113 cm³/mol. The molecule has 1 aliphatic heterocycles. The lowest BCUT2D eigenvalue weighted by Crippen LogP contribution is -2.33. The highest BCUT2D eigenvalue weighted by Gasteiger charge is 2.28. The molecule has 2 aromatic carbocycles. The Labute approximate surface area is 175 Å². The van der Waals surface area contributed by atoms with Crippen molar-refractivity contribution in [1.82, 2.24) is 19.7 Å². The number of aryl methyl sites for hydroxylation is 2. The van der Waals surface area contributed by atoms with Crippen molar-refractivity contribution in [1.29, 1.82) is 0 Å². The number of carbonyl (C=O) groups excluding carboxylic acids is 1. The van der Waals surface area contributed by atoms with Gasteiger partial charge in [-0.25, -0.2) is 9.48 Å². The van der Waals surface area contributed by atoms with E-state index in [0.29, 0.717) is 32.1 Å². The first-order valence-electron chi connectivity index (χ1n) is 10.2. The van der Waals surface area contributed by atoms with E-state index in [1.54, 1.807) is 4.57 Å². The van der Waals surface area contributed by atoms with E-state index in [2.05, 4.69) is 36.4 Å². The topological polar surface area (TPSA) is 78.2 Å². The largest absolute Gasteiger partial charge is 0.368 e. The average molecular weight is 406 g/mol. The Morgan fingerprint density at radius 1 is 1.13 bits per heavy atom. The fourth-order valence-corrected chi connectivity index (χ4v) is 3.63. The lowest BCUT2D eigenvalue weighted by atomic mass is 10.1. The summed E-state index contributed by atoms with van der Waals surface area (Å²) in [6.45, 7) is 5.81. The first kappa shape index (κ1) is 20.1. The van der Waals surface area contributed by atoms with Crippen molar-refractivity contribution >= 4 is 5.91 Å². The number of ether oxygens (including phenoxy) is 1. The van der Waals surface area contributed by atoms with Gasteiger partial charge < -0.3 is 10.1 Å². The maximum atomic E-state index is 12.7. The first-order valence-corrected chi connectivity index (χ1v) is 10.2. The molecule has 1 unspecified atom stereocenters. The van der Waals surface area contributed by atoms with Crippen molar-refractivity contribution in [3.63, 3.8) is 0 Å². The van der Waals surface area contributed by atoms with Crippen LogP contribution in [0.25, 0.3) is 0 Å². The van der Waals surface area contributed by atoms with Gasteiger partial charge in [-0.05, 0) is 36.1 Å². The molecule has 0 saturated carbocycles. The molecule has 1 aromatic heterocycles. The molecule has 0 radical (unpaired) electrons. The van der Waals surface area contributed by atoms with Gasteiger partial charge in [-0.2, -0.15) is 5.10 Å². The Bertz CT molecular complexity index is 1100. The predicted octanol–water partition coefficient (Wildman–Crippen LogP) is 2.49. The number of benzene rings is 2. The summed E-state index contributed by atoms with van der Waals surface area (Å²) in [5, 5.41) is 7.43. The lowest BCUT2D eigenvalue weighted by Gasteiger charge is -2.22. The van der Waals surface area contributed by atoms with Gasteiger partial charge in [0.25, 0.3) is 0 Å². The second kappa shape index (κ2) is 8.67. The van der Waals surface area contributed by atoms with Crippen LogP contribution in [0.2, 0.25) is 0 Å². The monoisotopic (exact) mass is 406 g/mol. The van der Waals surface area contributed by atoms with Gasteiger partial charge in [-0.1, -0.05) is 48.5 Å². The molecule has 156 valence electrons. The van der Waals surface area contributed by atoms with Crippen LogP contribution in [0.5, 0.6) is 0 Å². The number of hydrogen-bond acceptors (Lipinski definition) is 4. The minimum Gasteiger partial charge on any atom is -0.368 e. The van der Waals surface area contributed by atoms with Crippen LogP contribution in [0.1, 0.15) is 40.6 Å². The third-order valence-electron chi connectivity index (χ3n) is 5.48. The number of hydrogen-bond donors (Lipinski definition) is 1. The summed E-state index contributed by atoms with van der Waals surface area (Å²) < 4.78 is 8.85. The van der Waals surface area contributed by atoms with E-state index >= 15 is 0 Å². The molecule has 0 spiro atoms. The van der Waals surface area contributed by atoms with E-state index in [0.717, 1.165) is 11.1 Å². The van der Waals surface area contributed by atoms with Crippen LogP contribution in [0.15, 0.2) is 53.3 Å². The van der Waals surface area contributed by atoms with Crippen LogP contribution in [0, 0.1) is 13.8 Å². The zero-order valence-corrected chi connectivity index (χ0v) is 17.3. The van der Waals surface area contributed by atoms with Crippen molar-refractivity contribution in [2.24, 2.45) is 0 Å². The number of carbonyl (C=O) groups is 1. The zero-order chi connectivity index (χ0) is 21.1. The molecule has 0 saturated heterocycles. The molecule has 1 atom stereocenters. The van der Waals surface area contributed by atoms with E-state index in [1.165, 1.54) is 15.8 Å². The standard InChI is InChI=1S/C23H26N4O3/c1-16-8-9-19(12-17(16)2)14-24-21(28)13-20-22-25-27(15-18-6-4-3-5-7-18)23(29)26(22)10-11-30-20/h3-9,12,20H,10-11,13-15H2,1-2H3,(H,24,28). The highest BCUT2D eigenvalue weighted by molar-refractivity contribution is 5.76. The van der Waals surface area contributed by atoms with Crippen LogP contribution in [0.3, 0.4) is 0 Å². The number of aromatic nitrogens is 3. The molecule has 7 nitrogen and oxygen atoms in total. The normalized spacial score (nSPS) is 15.6. The minimum absolute atomic E-state index is 0.128. The molecular formula is C23H26N4O3. The van der Waals surface area contributed by atoms with Gasteiger partial charge in [0.15, 0.2) is 5.82 Å². The van der Waals surface area contributed by atoms with Crippen LogP contribution in [-0.2, 0) is 29.2 Å². The number of amides is 1. The first-order chi connectivity index (χ1) is 14.5. The molecule has 0 aliphatic carbocycles. The molecule has 3 aromatic rings. The van der Waals surface area contributed by atoms with Gasteiger partial charge >= 0.3 is 5.69 Å². The summed E-state index contributed by atoms with van der Waals surface area (Å²) in [5.41, 5.74) is 4.31. The van der Waals surface area contributed by atoms with Crippen LogP contribution in [0.4, 0.5) is 0 Å². The summed E-state index contributed by atoms with van der Waals surface area (Å²) in [7, 11) is 0. The molecule has 30 heavy (non-hydrogen) atoms. The van der Waals surface area contributed by atoms with E-state index in [-0.39, 0.29) is 18.0 Å². The summed E-state index contributed by atoms with van der Waals surface area (Å²) in [5.74, 6) is 0.389. The lowest BCUT2D eigenvalue weighted by molar-refractivity contribution is -0.125. The summed E-state index contributed by atoms with van der Waals surface area (Å²) in [6.07, 6.45) is -0.393. The molecule has 2 heterocycles. The molecule has 1 aliphatic rings. The number of nitrogens with zero attached hydrogens (tertiary/aromatic N) is 3. The maximum absolute atomic E-state index is 12.7. The van der Waals surface area contributed by atoms with E-state index < -0.39 is 6.10 Å². The summed E-state index contributed by atoms with van der Waals surface area (Å²) >= 11 is 0. The second-order valence-corrected chi connectivity index (χ2v) is 7.69. The Kier molecular flexibility index (Phi) is 5.81. The smallest absolute Gasteiger partial charge is 0.346 e. The Balaban J connectivity index is 1.43. The van der Waals surface area contributed by atoms with Crippen LogP contribution >= 0.6 is 0 Å². The van der Waals surface area contributed by atoms with Crippen molar-refractivity contribution in [2.45, 2.75) is 46.0 Å². The van der Waals surface area contributed by atoms with Gasteiger partial charge in [-0.3, -0.25) is 9.36 Å². The van der Waals surface area contributed by atoms with Gasteiger partial charge in [0.05, 0.1) is 26.1 Å². The third-order valence-corrected chi connectivity index (χ3v) is 5.48. The number of nitrogens with one attached hydrogen (secondary N) is 1. The molecule has 7 heteroatoms.